The third-order valence-electron chi connectivity index (χ3n) is 0.895. The first-order valence-corrected chi connectivity index (χ1v) is 2.79. The molecule has 0 aliphatic carbocycles. The molecule has 0 aliphatic heterocycles. The van der Waals surface area contributed by atoms with Crippen molar-refractivity contribution in [3.8, 4) is 0 Å². The molecule has 0 aromatic heterocycles. The Balaban J connectivity index is 3.06. The second-order valence-electron chi connectivity index (χ2n) is 1.66. The SMILES string of the molecule is NCCC(=O)CCOO. The largest absolute Gasteiger partial charge is 0.330 e. The van der Waals surface area contributed by atoms with E-state index in [0.717, 1.165) is 0 Å². The number of Topliss-reactive ketones (excluding diaryl/α,β-unsaturated/α-hetero) is 1. The highest BCUT2D eigenvalue weighted by molar-refractivity contribution is 5.78. The molecule has 0 fully saturated rings. The van der Waals surface area contributed by atoms with Crippen LogP contribution in [0.2, 0.25) is 0 Å². The zero-order valence-corrected chi connectivity index (χ0v) is 5.17. The zero-order valence-electron chi connectivity index (χ0n) is 5.17. The summed E-state index contributed by atoms with van der Waals surface area (Å²) in [5, 5.41) is 7.80. The van der Waals surface area contributed by atoms with Gasteiger partial charge in [0.05, 0.1) is 6.61 Å². The smallest absolute Gasteiger partial charge is 0.136 e. The fraction of sp³-hybridized carbons (Fsp3) is 0.800. The van der Waals surface area contributed by atoms with Crippen LogP contribution in [0.5, 0.6) is 0 Å². The molecule has 0 aromatic carbocycles. The Hall–Kier alpha value is -0.450. The van der Waals surface area contributed by atoms with E-state index < -0.39 is 0 Å². The number of hydrogen-bond acceptors (Lipinski definition) is 4. The van der Waals surface area contributed by atoms with Crippen LogP contribution in [0.15, 0.2) is 0 Å². The van der Waals surface area contributed by atoms with Crippen LogP contribution >= 0.6 is 0 Å². The summed E-state index contributed by atoms with van der Waals surface area (Å²) in [7, 11) is 0. The Labute approximate surface area is 53.5 Å². The lowest BCUT2D eigenvalue weighted by atomic mass is 10.2. The van der Waals surface area contributed by atoms with E-state index in [-0.39, 0.29) is 18.8 Å². The number of rotatable bonds is 5. The van der Waals surface area contributed by atoms with Gasteiger partial charge in [0.25, 0.3) is 0 Å². The average molecular weight is 133 g/mol. The summed E-state index contributed by atoms with van der Waals surface area (Å²) in [6.45, 7) is 0.434. The van der Waals surface area contributed by atoms with Crippen LogP contribution in [0, 0.1) is 0 Å². The Bertz CT molecular complexity index is 84.3. The molecular weight excluding hydrogens is 122 g/mol. The highest BCUT2D eigenvalue weighted by atomic mass is 17.1. The molecule has 0 saturated carbocycles. The first-order chi connectivity index (χ1) is 4.31. The number of carbonyl (C=O) groups excluding carboxylic acids is 1. The molecule has 0 aliphatic rings. The number of nitrogens with two attached hydrogens (primary N) is 1. The van der Waals surface area contributed by atoms with Crippen LogP contribution in [0.25, 0.3) is 0 Å². The van der Waals surface area contributed by atoms with E-state index in [1.165, 1.54) is 0 Å². The first-order valence-electron chi connectivity index (χ1n) is 2.79. The fourth-order valence-electron chi connectivity index (χ4n) is 0.445. The average Bonchev–Trinajstić information content (AvgIpc) is 1.85. The van der Waals surface area contributed by atoms with Crippen LogP contribution in [0.4, 0.5) is 0 Å². The summed E-state index contributed by atoms with van der Waals surface area (Å²) in [5.74, 6) is 0.0200. The van der Waals surface area contributed by atoms with Gasteiger partial charge in [-0.25, -0.2) is 4.89 Å². The topological polar surface area (TPSA) is 72.6 Å². The Morgan fingerprint density at radius 1 is 1.56 bits per heavy atom. The second-order valence-corrected chi connectivity index (χ2v) is 1.66. The van der Waals surface area contributed by atoms with Crippen molar-refractivity contribution in [2.45, 2.75) is 12.8 Å². The summed E-state index contributed by atoms with van der Waals surface area (Å²) < 4.78 is 0. The van der Waals surface area contributed by atoms with Crippen molar-refractivity contribution in [1.82, 2.24) is 0 Å². The van der Waals surface area contributed by atoms with Crippen LogP contribution in [-0.4, -0.2) is 24.2 Å². The minimum absolute atomic E-state index is 0.0200. The lowest BCUT2D eigenvalue weighted by Crippen LogP contribution is -2.09. The summed E-state index contributed by atoms with van der Waals surface area (Å²) in [6.07, 6.45) is 0.608. The number of ketones is 1. The molecule has 0 amide bonds. The molecular formula is C5H11NO3. The van der Waals surface area contributed by atoms with E-state index >= 15 is 0 Å². The van der Waals surface area contributed by atoms with Gasteiger partial charge in [0.1, 0.15) is 5.78 Å². The maximum atomic E-state index is 10.5. The van der Waals surface area contributed by atoms with Crippen molar-refractivity contribution in [2.75, 3.05) is 13.2 Å². The maximum Gasteiger partial charge on any atom is 0.136 e. The molecule has 4 nitrogen and oxygen atoms in total. The molecule has 0 atom stereocenters. The monoisotopic (exact) mass is 133 g/mol. The van der Waals surface area contributed by atoms with E-state index in [9.17, 15) is 4.79 Å². The Morgan fingerprint density at radius 2 is 2.22 bits per heavy atom. The lowest BCUT2D eigenvalue weighted by molar-refractivity contribution is -0.241. The summed E-state index contributed by atoms with van der Waals surface area (Å²) in [6, 6.07) is 0. The Morgan fingerprint density at radius 3 is 2.67 bits per heavy atom. The van der Waals surface area contributed by atoms with Gasteiger partial charge in [0.15, 0.2) is 0 Å². The minimum Gasteiger partial charge on any atom is -0.330 e. The van der Waals surface area contributed by atoms with Crippen molar-refractivity contribution < 1.29 is 14.9 Å². The highest BCUT2D eigenvalue weighted by Crippen LogP contribution is 1.86. The molecule has 0 saturated heterocycles. The third-order valence-corrected chi connectivity index (χ3v) is 0.895. The fourth-order valence-corrected chi connectivity index (χ4v) is 0.445. The molecule has 0 heterocycles. The van der Waals surface area contributed by atoms with Crippen molar-refractivity contribution in [3.05, 3.63) is 0 Å². The summed E-state index contributed by atoms with van der Waals surface area (Å²) >= 11 is 0. The standard InChI is InChI=1S/C5H11NO3/c6-3-1-5(7)2-4-9-8/h8H,1-4,6H2. The van der Waals surface area contributed by atoms with Crippen molar-refractivity contribution in [2.24, 2.45) is 5.73 Å². The van der Waals surface area contributed by atoms with Crippen molar-refractivity contribution in [1.29, 1.82) is 0 Å². The molecule has 0 aromatic rings. The van der Waals surface area contributed by atoms with Crippen molar-refractivity contribution in [3.63, 3.8) is 0 Å². The minimum atomic E-state index is 0.0200. The van der Waals surface area contributed by atoms with Crippen LogP contribution in [0.1, 0.15) is 12.8 Å². The molecule has 0 bridgehead atoms. The normalized spacial score (nSPS) is 9.56. The molecule has 0 unspecified atom stereocenters. The molecule has 0 radical (unpaired) electrons. The Kier molecular flexibility index (Phi) is 5.40. The molecule has 3 N–H and O–H groups in total. The van der Waals surface area contributed by atoms with Gasteiger partial charge in [-0.3, -0.25) is 10.1 Å². The molecule has 4 heteroatoms. The lowest BCUT2D eigenvalue weighted by Gasteiger charge is -1.94. The van der Waals surface area contributed by atoms with Gasteiger partial charge in [-0.05, 0) is 6.54 Å². The number of hydrogen-bond donors (Lipinski definition) is 2. The van der Waals surface area contributed by atoms with Gasteiger partial charge >= 0.3 is 0 Å². The van der Waals surface area contributed by atoms with Gasteiger partial charge in [-0.2, -0.15) is 0 Å². The van der Waals surface area contributed by atoms with Crippen molar-refractivity contribution >= 4 is 5.78 Å². The van der Waals surface area contributed by atoms with Gasteiger partial charge in [-0.15, -0.1) is 0 Å². The summed E-state index contributed by atoms with van der Waals surface area (Å²) in [4.78, 5) is 14.2. The van der Waals surface area contributed by atoms with E-state index in [4.69, 9.17) is 11.0 Å². The van der Waals surface area contributed by atoms with Gasteiger partial charge in [0.2, 0.25) is 0 Å². The van der Waals surface area contributed by atoms with E-state index in [1.54, 1.807) is 0 Å². The predicted molar refractivity (Wildman–Crippen MR) is 31.9 cm³/mol. The highest BCUT2D eigenvalue weighted by Gasteiger charge is 1.98. The molecule has 0 rings (SSSR count). The first kappa shape index (κ1) is 8.55. The van der Waals surface area contributed by atoms with E-state index in [2.05, 4.69) is 4.89 Å². The van der Waals surface area contributed by atoms with Gasteiger partial charge < -0.3 is 5.73 Å². The third kappa shape index (κ3) is 5.42. The second kappa shape index (κ2) is 5.68. The maximum absolute atomic E-state index is 10.5. The van der Waals surface area contributed by atoms with Gasteiger partial charge in [-0.1, -0.05) is 0 Å². The number of carbonyl (C=O) groups is 1. The predicted octanol–water partition coefficient (Wildman–Crippen LogP) is -0.216. The zero-order chi connectivity index (χ0) is 7.11. The van der Waals surface area contributed by atoms with Crippen LogP contribution in [-0.2, 0) is 9.68 Å². The van der Waals surface area contributed by atoms with E-state index in [0.29, 0.717) is 13.0 Å². The quantitative estimate of drug-likeness (QED) is 0.402. The van der Waals surface area contributed by atoms with Crippen LogP contribution < -0.4 is 5.73 Å². The van der Waals surface area contributed by atoms with Crippen LogP contribution in [0.3, 0.4) is 0 Å². The molecule has 9 heavy (non-hydrogen) atoms. The summed E-state index contributed by atoms with van der Waals surface area (Å²) in [5.41, 5.74) is 5.08. The van der Waals surface area contributed by atoms with E-state index in [1.807, 2.05) is 0 Å². The molecule has 54 valence electrons. The van der Waals surface area contributed by atoms with Gasteiger partial charge in [0, 0.05) is 12.8 Å². The molecule has 0 spiro atoms.